The van der Waals surface area contributed by atoms with E-state index in [0.29, 0.717) is 10.8 Å². The molecular formula is C18H17ClN2O2. The molecule has 0 spiro atoms. The number of pyridine rings is 1. The molecule has 3 rings (SSSR count). The minimum Gasteiger partial charge on any atom is -0.495 e. The molecule has 23 heavy (non-hydrogen) atoms. The number of hydrogen-bond acceptors (Lipinski definition) is 4. The topological polar surface area (TPSA) is 43.4 Å². The van der Waals surface area contributed by atoms with Crippen LogP contribution < -0.4 is 14.8 Å². The molecule has 0 saturated carbocycles. The fraction of sp³-hybridized carbons (Fsp3) is 0.167. The first-order valence-corrected chi connectivity index (χ1v) is 7.55. The summed E-state index contributed by atoms with van der Waals surface area (Å²) in [4.78, 5) is 4.58. The molecular weight excluding hydrogens is 312 g/mol. The van der Waals surface area contributed by atoms with Gasteiger partial charge in [-0.15, -0.1) is 0 Å². The Morgan fingerprint density at radius 2 is 1.78 bits per heavy atom. The fourth-order valence-electron chi connectivity index (χ4n) is 2.52. The number of nitrogens with one attached hydrogen (secondary N) is 1. The highest BCUT2D eigenvalue weighted by molar-refractivity contribution is 6.32. The summed E-state index contributed by atoms with van der Waals surface area (Å²) >= 11 is 6.20. The fourth-order valence-corrected chi connectivity index (χ4v) is 2.78. The van der Waals surface area contributed by atoms with Crippen molar-refractivity contribution < 1.29 is 9.47 Å². The SMILES string of the molecule is COc1ccc(Nc2cc(C)nc3c(OC)cccc23)cc1Cl. The number of aromatic nitrogens is 1. The monoisotopic (exact) mass is 328 g/mol. The average Bonchev–Trinajstić information content (AvgIpc) is 2.54. The lowest BCUT2D eigenvalue weighted by Gasteiger charge is -2.13. The molecule has 0 saturated heterocycles. The minimum atomic E-state index is 0.560. The Morgan fingerprint density at radius 1 is 1.00 bits per heavy atom. The van der Waals surface area contributed by atoms with Crippen LogP contribution in [0.3, 0.4) is 0 Å². The molecule has 4 nitrogen and oxygen atoms in total. The van der Waals surface area contributed by atoms with Gasteiger partial charge in [-0.2, -0.15) is 0 Å². The first kappa shape index (κ1) is 15.4. The number of anilines is 2. The highest BCUT2D eigenvalue weighted by atomic mass is 35.5. The second-order valence-corrected chi connectivity index (χ2v) is 5.55. The number of para-hydroxylation sites is 1. The van der Waals surface area contributed by atoms with Gasteiger partial charge in [0.15, 0.2) is 0 Å². The van der Waals surface area contributed by atoms with Gasteiger partial charge in [0.1, 0.15) is 17.0 Å². The predicted molar refractivity (Wildman–Crippen MR) is 94.3 cm³/mol. The summed E-state index contributed by atoms with van der Waals surface area (Å²) < 4.78 is 10.6. The lowest BCUT2D eigenvalue weighted by atomic mass is 10.1. The van der Waals surface area contributed by atoms with Crippen LogP contribution in [0.2, 0.25) is 5.02 Å². The molecule has 0 atom stereocenters. The molecule has 0 radical (unpaired) electrons. The normalized spacial score (nSPS) is 10.6. The molecule has 0 aliphatic rings. The van der Waals surface area contributed by atoms with Crippen molar-refractivity contribution >= 4 is 33.9 Å². The molecule has 0 aliphatic carbocycles. The van der Waals surface area contributed by atoms with Crippen LogP contribution in [-0.4, -0.2) is 19.2 Å². The van der Waals surface area contributed by atoms with Crippen LogP contribution in [0.15, 0.2) is 42.5 Å². The molecule has 118 valence electrons. The van der Waals surface area contributed by atoms with Crippen molar-refractivity contribution in [2.24, 2.45) is 0 Å². The van der Waals surface area contributed by atoms with Gasteiger partial charge in [-0.25, -0.2) is 4.98 Å². The van der Waals surface area contributed by atoms with Gasteiger partial charge in [0, 0.05) is 22.5 Å². The number of aryl methyl sites for hydroxylation is 1. The van der Waals surface area contributed by atoms with E-state index in [1.807, 2.05) is 49.4 Å². The second-order valence-electron chi connectivity index (χ2n) is 5.14. The van der Waals surface area contributed by atoms with Crippen molar-refractivity contribution in [1.29, 1.82) is 0 Å². The van der Waals surface area contributed by atoms with Crippen LogP contribution in [0, 0.1) is 6.92 Å². The molecule has 0 unspecified atom stereocenters. The number of nitrogens with zero attached hydrogens (tertiary/aromatic N) is 1. The number of methoxy groups -OCH3 is 2. The number of benzene rings is 2. The van der Waals surface area contributed by atoms with Gasteiger partial charge in [0.25, 0.3) is 0 Å². The van der Waals surface area contributed by atoms with E-state index in [1.165, 1.54) is 0 Å². The number of rotatable bonds is 4. The molecule has 0 fully saturated rings. The lowest BCUT2D eigenvalue weighted by Crippen LogP contribution is -1.97. The smallest absolute Gasteiger partial charge is 0.145 e. The van der Waals surface area contributed by atoms with E-state index in [-0.39, 0.29) is 0 Å². The minimum absolute atomic E-state index is 0.560. The van der Waals surface area contributed by atoms with Crippen molar-refractivity contribution in [3.05, 3.63) is 53.2 Å². The van der Waals surface area contributed by atoms with Gasteiger partial charge in [0.05, 0.1) is 19.2 Å². The maximum absolute atomic E-state index is 6.20. The van der Waals surface area contributed by atoms with E-state index in [1.54, 1.807) is 14.2 Å². The highest BCUT2D eigenvalue weighted by Crippen LogP contribution is 2.33. The Bertz CT molecular complexity index is 865. The van der Waals surface area contributed by atoms with Crippen molar-refractivity contribution in [3.63, 3.8) is 0 Å². The van der Waals surface area contributed by atoms with E-state index in [2.05, 4.69) is 10.3 Å². The maximum Gasteiger partial charge on any atom is 0.145 e. The van der Waals surface area contributed by atoms with Gasteiger partial charge >= 0.3 is 0 Å². The van der Waals surface area contributed by atoms with Crippen molar-refractivity contribution in [3.8, 4) is 11.5 Å². The molecule has 1 aromatic heterocycles. The van der Waals surface area contributed by atoms with E-state index >= 15 is 0 Å². The molecule has 1 heterocycles. The Balaban J connectivity index is 2.08. The Labute approximate surface area is 140 Å². The second kappa shape index (κ2) is 6.34. The number of hydrogen-bond donors (Lipinski definition) is 1. The van der Waals surface area contributed by atoms with Crippen molar-refractivity contribution in [1.82, 2.24) is 4.98 Å². The molecule has 0 aliphatic heterocycles. The predicted octanol–water partition coefficient (Wildman–Crippen LogP) is 4.96. The summed E-state index contributed by atoms with van der Waals surface area (Å²) in [6.45, 7) is 1.96. The van der Waals surface area contributed by atoms with Gasteiger partial charge in [-0.05, 0) is 37.3 Å². The van der Waals surface area contributed by atoms with E-state index in [9.17, 15) is 0 Å². The largest absolute Gasteiger partial charge is 0.495 e. The third-order valence-corrected chi connectivity index (χ3v) is 3.88. The average molecular weight is 329 g/mol. The molecule has 0 bridgehead atoms. The summed E-state index contributed by atoms with van der Waals surface area (Å²) in [5, 5.41) is 4.94. The van der Waals surface area contributed by atoms with Gasteiger partial charge in [0.2, 0.25) is 0 Å². The van der Waals surface area contributed by atoms with Crippen LogP contribution in [-0.2, 0) is 0 Å². The first-order valence-electron chi connectivity index (χ1n) is 7.17. The third kappa shape index (κ3) is 3.03. The van der Waals surface area contributed by atoms with Crippen LogP contribution in [0.25, 0.3) is 10.9 Å². The van der Waals surface area contributed by atoms with Crippen molar-refractivity contribution in [2.75, 3.05) is 19.5 Å². The Hall–Kier alpha value is -2.46. The van der Waals surface area contributed by atoms with E-state index < -0.39 is 0 Å². The zero-order valence-electron chi connectivity index (χ0n) is 13.2. The van der Waals surface area contributed by atoms with Crippen LogP contribution >= 0.6 is 11.6 Å². The molecule has 1 N–H and O–H groups in total. The highest BCUT2D eigenvalue weighted by Gasteiger charge is 2.09. The van der Waals surface area contributed by atoms with E-state index in [4.69, 9.17) is 21.1 Å². The number of ether oxygens (including phenoxy) is 2. The van der Waals surface area contributed by atoms with Crippen LogP contribution in [0.1, 0.15) is 5.69 Å². The number of halogens is 1. The molecule has 5 heteroatoms. The standard InChI is InChI=1S/C18H17ClN2O2/c1-11-9-15(13-5-4-6-17(23-3)18(13)20-11)21-12-7-8-16(22-2)14(19)10-12/h4-10H,1-3H3,(H,20,21). The summed E-state index contributed by atoms with van der Waals surface area (Å²) in [7, 11) is 3.25. The van der Waals surface area contributed by atoms with Crippen LogP contribution in [0.5, 0.6) is 11.5 Å². The molecule has 0 amide bonds. The summed E-state index contributed by atoms with van der Waals surface area (Å²) in [5.74, 6) is 1.40. The Kier molecular flexibility index (Phi) is 4.26. The zero-order chi connectivity index (χ0) is 16.4. The van der Waals surface area contributed by atoms with Gasteiger partial charge in [-0.1, -0.05) is 23.7 Å². The van der Waals surface area contributed by atoms with Gasteiger partial charge < -0.3 is 14.8 Å². The Morgan fingerprint density at radius 3 is 2.48 bits per heavy atom. The van der Waals surface area contributed by atoms with Gasteiger partial charge in [-0.3, -0.25) is 0 Å². The maximum atomic E-state index is 6.20. The van der Waals surface area contributed by atoms with Crippen molar-refractivity contribution in [2.45, 2.75) is 6.92 Å². The molecule has 2 aromatic carbocycles. The summed E-state index contributed by atoms with van der Waals surface area (Å²) in [6, 6.07) is 13.5. The van der Waals surface area contributed by atoms with E-state index in [0.717, 1.165) is 33.7 Å². The lowest BCUT2D eigenvalue weighted by molar-refractivity contribution is 0.415. The third-order valence-electron chi connectivity index (χ3n) is 3.58. The van der Waals surface area contributed by atoms with Crippen LogP contribution in [0.4, 0.5) is 11.4 Å². The quantitative estimate of drug-likeness (QED) is 0.735. The zero-order valence-corrected chi connectivity index (χ0v) is 13.9. The summed E-state index contributed by atoms with van der Waals surface area (Å²) in [5.41, 5.74) is 3.57. The number of fused-ring (bicyclic) bond motifs is 1. The molecule has 3 aromatic rings. The first-order chi connectivity index (χ1) is 11.1. The summed E-state index contributed by atoms with van der Waals surface area (Å²) in [6.07, 6.45) is 0.